The number of aromatic nitrogens is 5. The molecule has 0 aliphatic carbocycles. The van der Waals surface area contributed by atoms with Gasteiger partial charge >= 0.3 is 0 Å². The summed E-state index contributed by atoms with van der Waals surface area (Å²) in [6, 6.07) is 13.0. The van der Waals surface area contributed by atoms with E-state index in [0.29, 0.717) is 48.6 Å². The van der Waals surface area contributed by atoms with Crippen molar-refractivity contribution < 1.29 is 14.3 Å². The molecule has 1 amide bonds. The Morgan fingerprint density at radius 3 is 2.67 bits per heavy atom. The molecular formula is C26H28ClFN6O2. The van der Waals surface area contributed by atoms with E-state index in [1.165, 1.54) is 4.68 Å². The highest BCUT2D eigenvalue weighted by molar-refractivity contribution is 6.30. The number of imidazole rings is 1. The van der Waals surface area contributed by atoms with Crippen LogP contribution >= 0.6 is 11.6 Å². The minimum atomic E-state index is -1.08. The first-order valence-corrected chi connectivity index (χ1v) is 12.5. The molecule has 1 saturated heterocycles. The lowest BCUT2D eigenvalue weighted by molar-refractivity contribution is 0.0612. The standard InChI is InChI=1S/C26H28ClFN6O2/c1-17(35)12-21-14-33(31-30-21)15-23(28)18-8-10-32(11-9-18)26(36)19-2-7-24-25(13-19)34(16-29-24)22-5-3-20(27)4-6-22/h2-7,13-14,16-18,23,35H,8-12,15H2,1H3. The minimum absolute atomic E-state index is 0.0614. The van der Waals surface area contributed by atoms with Gasteiger partial charge in [0.15, 0.2) is 0 Å². The number of aliphatic hydroxyl groups is 1. The molecule has 1 N–H and O–H groups in total. The third-order valence-electron chi connectivity index (χ3n) is 6.69. The molecule has 5 rings (SSSR count). The van der Waals surface area contributed by atoms with Gasteiger partial charge < -0.3 is 10.0 Å². The average Bonchev–Trinajstić information content (AvgIpc) is 3.50. The van der Waals surface area contributed by atoms with E-state index in [4.69, 9.17) is 11.6 Å². The number of fused-ring (bicyclic) bond motifs is 1. The number of benzene rings is 2. The summed E-state index contributed by atoms with van der Waals surface area (Å²) in [7, 11) is 0. The summed E-state index contributed by atoms with van der Waals surface area (Å²) in [5.74, 6) is -0.207. The van der Waals surface area contributed by atoms with Crippen LogP contribution in [-0.2, 0) is 13.0 Å². The van der Waals surface area contributed by atoms with Crippen LogP contribution in [-0.4, -0.2) is 65.8 Å². The normalized spacial score (nSPS) is 16.4. The number of likely N-dealkylation sites (tertiary alicyclic amines) is 1. The molecule has 0 bridgehead atoms. The van der Waals surface area contributed by atoms with Gasteiger partial charge in [0.1, 0.15) is 12.5 Å². The van der Waals surface area contributed by atoms with Crippen molar-refractivity contribution in [2.75, 3.05) is 13.1 Å². The minimum Gasteiger partial charge on any atom is -0.393 e. The maximum atomic E-state index is 15.0. The molecule has 2 aromatic heterocycles. The van der Waals surface area contributed by atoms with E-state index in [1.807, 2.05) is 41.0 Å². The largest absolute Gasteiger partial charge is 0.393 e. The quantitative estimate of drug-likeness (QED) is 0.404. The molecule has 2 unspecified atom stereocenters. The number of hydrogen-bond acceptors (Lipinski definition) is 5. The third kappa shape index (κ3) is 5.27. The van der Waals surface area contributed by atoms with Crippen LogP contribution < -0.4 is 0 Å². The molecule has 0 radical (unpaired) electrons. The number of carbonyl (C=O) groups is 1. The highest BCUT2D eigenvalue weighted by atomic mass is 35.5. The second kappa shape index (κ2) is 10.4. The first-order valence-electron chi connectivity index (χ1n) is 12.1. The van der Waals surface area contributed by atoms with Crippen LogP contribution in [0.1, 0.15) is 35.8 Å². The number of amides is 1. The Bertz CT molecular complexity index is 1340. The highest BCUT2D eigenvalue weighted by Crippen LogP contribution is 2.26. The Hall–Kier alpha value is -3.30. The zero-order chi connectivity index (χ0) is 25.2. The molecule has 0 saturated carbocycles. The summed E-state index contributed by atoms with van der Waals surface area (Å²) >= 11 is 6.02. The SMILES string of the molecule is CC(O)Cc1cn(CC(F)C2CCN(C(=O)c3ccc4ncn(-c5ccc(Cl)cc5)c4c3)CC2)nn1. The lowest BCUT2D eigenvalue weighted by Gasteiger charge is -2.33. The van der Waals surface area contributed by atoms with Crippen molar-refractivity contribution >= 4 is 28.5 Å². The van der Waals surface area contributed by atoms with Gasteiger partial charge in [0.25, 0.3) is 5.91 Å². The topological polar surface area (TPSA) is 89.1 Å². The molecule has 8 nitrogen and oxygen atoms in total. The summed E-state index contributed by atoms with van der Waals surface area (Å²) in [5.41, 5.74) is 3.77. The van der Waals surface area contributed by atoms with Crippen molar-refractivity contribution in [1.82, 2.24) is 29.4 Å². The fourth-order valence-electron chi connectivity index (χ4n) is 4.75. The molecule has 0 spiro atoms. The summed E-state index contributed by atoms with van der Waals surface area (Å²) in [4.78, 5) is 19.5. The predicted octanol–water partition coefficient (Wildman–Crippen LogP) is 4.08. The highest BCUT2D eigenvalue weighted by Gasteiger charge is 2.29. The summed E-state index contributed by atoms with van der Waals surface area (Å²) in [5, 5.41) is 18.1. The molecule has 3 heterocycles. The van der Waals surface area contributed by atoms with Gasteiger partial charge in [0, 0.05) is 42.0 Å². The average molecular weight is 511 g/mol. The van der Waals surface area contributed by atoms with E-state index < -0.39 is 12.3 Å². The van der Waals surface area contributed by atoms with Crippen molar-refractivity contribution in [2.24, 2.45) is 5.92 Å². The van der Waals surface area contributed by atoms with Crippen LogP contribution in [0.4, 0.5) is 4.39 Å². The second-order valence-corrected chi connectivity index (χ2v) is 9.86. The van der Waals surface area contributed by atoms with Gasteiger partial charge in [-0.2, -0.15) is 0 Å². The zero-order valence-corrected chi connectivity index (χ0v) is 20.7. The van der Waals surface area contributed by atoms with Crippen molar-refractivity contribution in [3.05, 3.63) is 71.3 Å². The van der Waals surface area contributed by atoms with Crippen molar-refractivity contribution in [1.29, 1.82) is 0 Å². The molecule has 36 heavy (non-hydrogen) atoms. The summed E-state index contributed by atoms with van der Waals surface area (Å²) < 4.78 is 18.4. The van der Waals surface area contributed by atoms with Gasteiger partial charge in [0.2, 0.25) is 0 Å². The first kappa shape index (κ1) is 24.4. The van der Waals surface area contributed by atoms with Gasteiger partial charge in [-0.3, -0.25) is 9.36 Å². The van der Waals surface area contributed by atoms with Gasteiger partial charge in [-0.05, 0) is 68.1 Å². The first-order chi connectivity index (χ1) is 17.4. The molecule has 2 atom stereocenters. The Morgan fingerprint density at radius 1 is 1.19 bits per heavy atom. The lowest BCUT2D eigenvalue weighted by Crippen LogP contribution is -2.41. The maximum absolute atomic E-state index is 15.0. The van der Waals surface area contributed by atoms with Crippen LogP contribution in [0, 0.1) is 5.92 Å². The second-order valence-electron chi connectivity index (χ2n) is 9.43. The number of piperidine rings is 1. The molecule has 2 aromatic carbocycles. The Balaban J connectivity index is 1.22. The number of nitrogens with zero attached hydrogens (tertiary/aromatic N) is 6. The van der Waals surface area contributed by atoms with Crippen molar-refractivity contribution in [3.8, 4) is 5.69 Å². The van der Waals surface area contributed by atoms with Gasteiger partial charge in [-0.15, -0.1) is 5.10 Å². The number of hydrogen-bond donors (Lipinski definition) is 1. The Morgan fingerprint density at radius 2 is 1.94 bits per heavy atom. The maximum Gasteiger partial charge on any atom is 0.253 e. The summed E-state index contributed by atoms with van der Waals surface area (Å²) in [6.07, 6.45) is 3.40. The smallest absolute Gasteiger partial charge is 0.253 e. The van der Waals surface area contributed by atoms with E-state index in [9.17, 15) is 9.90 Å². The van der Waals surface area contributed by atoms with Crippen LogP contribution in [0.5, 0.6) is 0 Å². The van der Waals surface area contributed by atoms with Crippen molar-refractivity contribution in [2.45, 2.75) is 45.0 Å². The number of alkyl halides is 1. The number of aliphatic hydroxyl groups excluding tert-OH is 1. The molecular weight excluding hydrogens is 483 g/mol. The van der Waals surface area contributed by atoms with Crippen LogP contribution in [0.2, 0.25) is 5.02 Å². The molecule has 10 heteroatoms. The van der Waals surface area contributed by atoms with Gasteiger partial charge in [0.05, 0.1) is 29.4 Å². The van der Waals surface area contributed by atoms with E-state index >= 15 is 4.39 Å². The number of carbonyl (C=O) groups excluding carboxylic acids is 1. The number of rotatable bonds is 7. The summed E-state index contributed by atoms with van der Waals surface area (Å²) in [6.45, 7) is 2.81. The third-order valence-corrected chi connectivity index (χ3v) is 6.94. The Kier molecular flexibility index (Phi) is 7.02. The fraction of sp³-hybridized carbons (Fsp3) is 0.385. The zero-order valence-electron chi connectivity index (χ0n) is 20.0. The molecule has 1 fully saturated rings. The van der Waals surface area contributed by atoms with Gasteiger partial charge in [-0.1, -0.05) is 16.8 Å². The predicted molar refractivity (Wildman–Crippen MR) is 135 cm³/mol. The van der Waals surface area contributed by atoms with Crippen LogP contribution in [0.25, 0.3) is 16.7 Å². The van der Waals surface area contributed by atoms with Crippen molar-refractivity contribution in [3.63, 3.8) is 0 Å². The van der Waals surface area contributed by atoms with Crippen LogP contribution in [0.3, 0.4) is 0 Å². The lowest BCUT2D eigenvalue weighted by atomic mass is 9.91. The van der Waals surface area contributed by atoms with Gasteiger partial charge in [-0.25, -0.2) is 14.1 Å². The number of halogens is 2. The molecule has 1 aliphatic heterocycles. The van der Waals surface area contributed by atoms with E-state index in [0.717, 1.165) is 16.7 Å². The fourth-order valence-corrected chi connectivity index (χ4v) is 4.87. The molecule has 1 aliphatic rings. The molecule has 4 aromatic rings. The Labute approximate surface area is 213 Å². The van der Waals surface area contributed by atoms with Crippen LogP contribution in [0.15, 0.2) is 55.0 Å². The van der Waals surface area contributed by atoms with E-state index in [-0.39, 0.29) is 18.4 Å². The van der Waals surface area contributed by atoms with E-state index in [1.54, 1.807) is 30.4 Å². The molecule has 188 valence electrons. The van der Waals surface area contributed by atoms with E-state index in [2.05, 4.69) is 15.3 Å². The monoisotopic (exact) mass is 510 g/mol.